The zero-order valence-corrected chi connectivity index (χ0v) is 14.3. The highest BCUT2D eigenvalue weighted by Crippen LogP contribution is 2.21. The number of carbonyl (C=O) groups excluding carboxylic acids is 1. The van der Waals surface area contributed by atoms with Gasteiger partial charge in [-0.15, -0.1) is 0 Å². The van der Waals surface area contributed by atoms with Crippen molar-refractivity contribution in [1.82, 2.24) is 0 Å². The van der Waals surface area contributed by atoms with Crippen LogP contribution in [0.25, 0.3) is 0 Å². The maximum atomic E-state index is 12.4. The average Bonchev–Trinajstić information content (AvgIpc) is 2.54. The van der Waals surface area contributed by atoms with Crippen LogP contribution < -0.4 is 15.2 Å². The van der Waals surface area contributed by atoms with E-state index in [9.17, 15) is 13.2 Å². The maximum Gasteiger partial charge on any atom is 0.265 e. The molecule has 6 nitrogen and oxygen atoms in total. The number of rotatable bonds is 6. The van der Waals surface area contributed by atoms with Gasteiger partial charge in [-0.05, 0) is 43.2 Å². The predicted molar refractivity (Wildman–Crippen MR) is 92.3 cm³/mol. The molecule has 128 valence electrons. The van der Waals surface area contributed by atoms with Crippen LogP contribution in [-0.4, -0.2) is 20.4 Å². The number of para-hydroxylation sites is 1. The molecular weight excluding hydrogens is 328 g/mol. The summed E-state index contributed by atoms with van der Waals surface area (Å²) in [6.45, 7) is 3.60. The number of benzene rings is 2. The first-order chi connectivity index (χ1) is 11.3. The zero-order valence-electron chi connectivity index (χ0n) is 13.5. The Morgan fingerprint density at radius 2 is 1.88 bits per heavy atom. The molecule has 24 heavy (non-hydrogen) atoms. The van der Waals surface area contributed by atoms with E-state index in [2.05, 4.69) is 5.32 Å². The fourth-order valence-electron chi connectivity index (χ4n) is 2.11. The zero-order chi connectivity index (χ0) is 17.7. The van der Waals surface area contributed by atoms with E-state index in [0.717, 1.165) is 5.56 Å². The molecule has 0 heterocycles. The Kier molecular flexibility index (Phi) is 5.58. The second-order valence-electron chi connectivity index (χ2n) is 5.34. The molecule has 3 N–H and O–H groups in total. The first kappa shape index (κ1) is 18.0. The molecular formula is C17H20N2O4S. The number of carbonyl (C=O) groups is 1. The second-order valence-corrected chi connectivity index (χ2v) is 6.90. The summed E-state index contributed by atoms with van der Waals surface area (Å²) in [6, 6.07) is 13.4. The lowest BCUT2D eigenvalue weighted by Crippen LogP contribution is -2.32. The molecule has 0 radical (unpaired) electrons. The topological polar surface area (TPSA) is 98.5 Å². The van der Waals surface area contributed by atoms with E-state index >= 15 is 0 Å². The fraction of sp³-hybridized carbons (Fsp3) is 0.235. The van der Waals surface area contributed by atoms with Crippen LogP contribution in [0.4, 0.5) is 5.69 Å². The summed E-state index contributed by atoms with van der Waals surface area (Å²) in [5.41, 5.74) is 1.12. The van der Waals surface area contributed by atoms with Gasteiger partial charge >= 0.3 is 0 Å². The van der Waals surface area contributed by atoms with Gasteiger partial charge in [0.15, 0.2) is 6.10 Å². The van der Waals surface area contributed by atoms with Crippen LogP contribution in [0, 0.1) is 6.92 Å². The Hall–Kier alpha value is -2.38. The average molecular weight is 348 g/mol. The largest absolute Gasteiger partial charge is 0.481 e. The van der Waals surface area contributed by atoms with Crippen molar-refractivity contribution in [2.24, 2.45) is 5.14 Å². The monoisotopic (exact) mass is 348 g/mol. The molecule has 1 amide bonds. The minimum Gasteiger partial charge on any atom is -0.481 e. The molecule has 1 atom stereocenters. The molecule has 7 heteroatoms. The van der Waals surface area contributed by atoms with Crippen molar-refractivity contribution in [3.8, 4) is 5.75 Å². The van der Waals surface area contributed by atoms with E-state index in [-0.39, 0.29) is 10.8 Å². The van der Waals surface area contributed by atoms with Crippen molar-refractivity contribution in [3.63, 3.8) is 0 Å². The minimum absolute atomic E-state index is 0.0552. The van der Waals surface area contributed by atoms with Crippen molar-refractivity contribution in [1.29, 1.82) is 0 Å². The maximum absolute atomic E-state index is 12.4. The number of amides is 1. The molecule has 0 bridgehead atoms. The predicted octanol–water partition coefficient (Wildman–Crippen LogP) is 2.44. The molecule has 2 aromatic carbocycles. The quantitative estimate of drug-likeness (QED) is 0.837. The van der Waals surface area contributed by atoms with Gasteiger partial charge in [-0.3, -0.25) is 4.79 Å². The molecule has 0 aliphatic rings. The van der Waals surface area contributed by atoms with Gasteiger partial charge in [-0.2, -0.15) is 0 Å². The summed E-state index contributed by atoms with van der Waals surface area (Å²) in [6.07, 6.45) is -0.223. The Labute approximate surface area is 141 Å². The lowest BCUT2D eigenvalue weighted by molar-refractivity contribution is -0.122. The summed E-state index contributed by atoms with van der Waals surface area (Å²) in [5, 5.41) is 7.84. The van der Waals surface area contributed by atoms with Gasteiger partial charge in [0.25, 0.3) is 5.91 Å². The number of hydrogen-bond donors (Lipinski definition) is 2. The first-order valence-corrected chi connectivity index (χ1v) is 9.02. The smallest absolute Gasteiger partial charge is 0.265 e. The summed E-state index contributed by atoms with van der Waals surface area (Å²) in [5.74, 6) is 0.241. The van der Waals surface area contributed by atoms with E-state index in [1.807, 2.05) is 25.1 Å². The SMILES string of the molecule is CC[C@H](Oc1ccccc1)C(=O)Nc1cc(S(N)(=O)=O)ccc1C. The van der Waals surface area contributed by atoms with E-state index in [0.29, 0.717) is 17.9 Å². The normalized spacial score (nSPS) is 12.5. The number of aryl methyl sites for hydroxylation is 1. The molecule has 0 aliphatic heterocycles. The fourth-order valence-corrected chi connectivity index (χ4v) is 2.65. The van der Waals surface area contributed by atoms with Crippen LogP contribution in [0.15, 0.2) is 53.4 Å². The van der Waals surface area contributed by atoms with Gasteiger partial charge in [-0.25, -0.2) is 13.6 Å². The van der Waals surface area contributed by atoms with Crippen molar-refractivity contribution in [2.75, 3.05) is 5.32 Å². The van der Waals surface area contributed by atoms with Crippen molar-refractivity contribution < 1.29 is 17.9 Å². The highest BCUT2D eigenvalue weighted by molar-refractivity contribution is 7.89. The Balaban J connectivity index is 2.18. The van der Waals surface area contributed by atoms with Crippen molar-refractivity contribution in [3.05, 3.63) is 54.1 Å². The molecule has 0 unspecified atom stereocenters. The molecule has 0 aliphatic carbocycles. The van der Waals surface area contributed by atoms with Crippen LogP contribution in [0.2, 0.25) is 0 Å². The van der Waals surface area contributed by atoms with Crippen LogP contribution in [0.1, 0.15) is 18.9 Å². The Morgan fingerprint density at radius 3 is 2.46 bits per heavy atom. The van der Waals surface area contributed by atoms with Crippen LogP contribution in [0.5, 0.6) is 5.75 Å². The molecule has 2 rings (SSSR count). The van der Waals surface area contributed by atoms with E-state index in [1.54, 1.807) is 25.1 Å². The van der Waals surface area contributed by atoms with Gasteiger partial charge in [0.05, 0.1) is 4.90 Å². The molecule has 0 fully saturated rings. The van der Waals surface area contributed by atoms with Gasteiger partial charge in [0, 0.05) is 5.69 Å². The number of hydrogen-bond acceptors (Lipinski definition) is 4. The number of nitrogens with two attached hydrogens (primary N) is 1. The van der Waals surface area contributed by atoms with Gasteiger partial charge in [0.2, 0.25) is 10.0 Å². The van der Waals surface area contributed by atoms with Crippen LogP contribution >= 0.6 is 0 Å². The van der Waals surface area contributed by atoms with Crippen molar-refractivity contribution >= 4 is 21.6 Å². The number of primary sulfonamides is 1. The third-order valence-corrected chi connectivity index (χ3v) is 4.39. The number of anilines is 1. The summed E-state index contributed by atoms with van der Waals surface area (Å²) in [7, 11) is -3.83. The van der Waals surface area contributed by atoms with Crippen LogP contribution in [-0.2, 0) is 14.8 Å². The molecule has 2 aromatic rings. The molecule has 0 saturated carbocycles. The molecule has 0 aromatic heterocycles. The second kappa shape index (κ2) is 7.46. The Bertz CT molecular complexity index is 820. The summed E-state index contributed by atoms with van der Waals surface area (Å²) < 4.78 is 28.6. The van der Waals surface area contributed by atoms with Crippen molar-refractivity contribution in [2.45, 2.75) is 31.3 Å². The van der Waals surface area contributed by atoms with Gasteiger partial charge < -0.3 is 10.1 Å². The Morgan fingerprint density at radius 1 is 1.21 bits per heavy atom. The first-order valence-electron chi connectivity index (χ1n) is 7.47. The third-order valence-electron chi connectivity index (χ3n) is 3.48. The minimum atomic E-state index is -3.83. The lowest BCUT2D eigenvalue weighted by atomic mass is 10.2. The van der Waals surface area contributed by atoms with E-state index < -0.39 is 16.1 Å². The highest BCUT2D eigenvalue weighted by Gasteiger charge is 2.20. The molecule has 0 spiro atoms. The van der Waals surface area contributed by atoms with E-state index in [4.69, 9.17) is 9.88 Å². The summed E-state index contributed by atoms with van der Waals surface area (Å²) >= 11 is 0. The summed E-state index contributed by atoms with van der Waals surface area (Å²) in [4.78, 5) is 12.4. The number of nitrogens with one attached hydrogen (secondary N) is 1. The van der Waals surface area contributed by atoms with Gasteiger partial charge in [0.1, 0.15) is 5.75 Å². The molecule has 0 saturated heterocycles. The number of sulfonamides is 1. The van der Waals surface area contributed by atoms with Gasteiger partial charge in [-0.1, -0.05) is 31.2 Å². The van der Waals surface area contributed by atoms with Crippen LogP contribution in [0.3, 0.4) is 0 Å². The number of ether oxygens (including phenoxy) is 1. The standard InChI is InChI=1S/C17H20N2O4S/c1-3-16(23-13-7-5-4-6-8-13)17(20)19-15-11-14(24(18,21)22)10-9-12(15)2/h4-11,16H,3H2,1-2H3,(H,19,20)(H2,18,21,22)/t16-/m0/s1. The third kappa shape index (κ3) is 4.56. The highest BCUT2D eigenvalue weighted by atomic mass is 32.2. The van der Waals surface area contributed by atoms with E-state index in [1.165, 1.54) is 12.1 Å². The lowest BCUT2D eigenvalue weighted by Gasteiger charge is -2.18.